The fraction of sp³-hybridized carbons (Fsp3) is 0. The Balaban J connectivity index is 1.78. The summed E-state index contributed by atoms with van der Waals surface area (Å²) < 4.78 is 0. The van der Waals surface area contributed by atoms with Crippen LogP contribution in [0.4, 0.5) is 5.13 Å². The van der Waals surface area contributed by atoms with Crippen molar-refractivity contribution in [1.82, 2.24) is 4.98 Å². The van der Waals surface area contributed by atoms with Gasteiger partial charge in [0.05, 0.1) is 0 Å². The monoisotopic (exact) mass is 280 g/mol. The maximum absolute atomic E-state index is 12.0. The zero-order valence-electron chi connectivity index (χ0n) is 10.6. The molecule has 98 valence electrons. The van der Waals surface area contributed by atoms with Crippen LogP contribution in [0.3, 0.4) is 0 Å². The third-order valence-electron chi connectivity index (χ3n) is 2.91. The van der Waals surface area contributed by atoms with E-state index in [1.165, 1.54) is 11.3 Å². The Hall–Kier alpha value is -2.46. The van der Waals surface area contributed by atoms with E-state index in [0.29, 0.717) is 10.7 Å². The predicted octanol–water partition coefficient (Wildman–Crippen LogP) is 4.06. The molecule has 0 atom stereocenters. The number of hydrogen-bond donors (Lipinski definition) is 1. The Morgan fingerprint density at radius 2 is 1.65 bits per heavy atom. The zero-order chi connectivity index (χ0) is 13.8. The molecule has 0 spiro atoms. The number of benzene rings is 2. The third-order valence-corrected chi connectivity index (χ3v) is 3.60. The summed E-state index contributed by atoms with van der Waals surface area (Å²) in [5.74, 6) is -0.139. The minimum atomic E-state index is -0.139. The maximum Gasteiger partial charge on any atom is 0.257 e. The average molecular weight is 280 g/mol. The molecule has 0 aliphatic rings. The molecule has 20 heavy (non-hydrogen) atoms. The molecule has 3 aromatic rings. The van der Waals surface area contributed by atoms with Gasteiger partial charge in [0, 0.05) is 17.1 Å². The Morgan fingerprint density at radius 1 is 0.950 bits per heavy atom. The number of nitrogens with zero attached hydrogens (tertiary/aromatic N) is 1. The van der Waals surface area contributed by atoms with E-state index in [9.17, 15) is 4.79 Å². The van der Waals surface area contributed by atoms with Gasteiger partial charge in [0.25, 0.3) is 5.91 Å². The van der Waals surface area contributed by atoms with Crippen LogP contribution in [-0.2, 0) is 0 Å². The first-order valence-electron chi connectivity index (χ1n) is 6.19. The second kappa shape index (κ2) is 5.67. The molecule has 1 amide bonds. The largest absolute Gasteiger partial charge is 0.298 e. The van der Waals surface area contributed by atoms with Gasteiger partial charge in [0.15, 0.2) is 5.13 Å². The molecule has 3 rings (SSSR count). The van der Waals surface area contributed by atoms with E-state index in [-0.39, 0.29) is 5.91 Å². The number of carbonyl (C=O) groups is 1. The number of aromatic nitrogens is 1. The Bertz CT molecular complexity index is 691. The van der Waals surface area contributed by atoms with Crippen molar-refractivity contribution in [3.05, 3.63) is 71.7 Å². The van der Waals surface area contributed by atoms with Crippen LogP contribution in [0, 0.1) is 0 Å². The molecule has 0 saturated carbocycles. The van der Waals surface area contributed by atoms with Crippen LogP contribution >= 0.6 is 11.3 Å². The average Bonchev–Trinajstić information content (AvgIpc) is 3.01. The molecule has 0 aliphatic carbocycles. The maximum atomic E-state index is 12.0. The lowest BCUT2D eigenvalue weighted by atomic mass is 10.0. The summed E-state index contributed by atoms with van der Waals surface area (Å²) in [7, 11) is 0. The second-order valence-electron chi connectivity index (χ2n) is 4.23. The molecule has 3 nitrogen and oxygen atoms in total. The smallest absolute Gasteiger partial charge is 0.257 e. The second-order valence-corrected chi connectivity index (χ2v) is 5.13. The number of anilines is 1. The molecular weight excluding hydrogens is 268 g/mol. The molecular formula is C16H12N2OS. The van der Waals surface area contributed by atoms with Crippen LogP contribution in [0.2, 0.25) is 0 Å². The molecule has 0 fully saturated rings. The highest BCUT2D eigenvalue weighted by Gasteiger charge is 2.07. The molecule has 0 aliphatic heterocycles. The topological polar surface area (TPSA) is 42.0 Å². The number of nitrogens with one attached hydrogen (secondary N) is 1. The highest BCUT2D eigenvalue weighted by atomic mass is 32.1. The van der Waals surface area contributed by atoms with Gasteiger partial charge in [0.1, 0.15) is 0 Å². The summed E-state index contributed by atoms with van der Waals surface area (Å²) in [6.45, 7) is 0. The van der Waals surface area contributed by atoms with Crippen molar-refractivity contribution in [1.29, 1.82) is 0 Å². The van der Waals surface area contributed by atoms with Gasteiger partial charge in [-0.25, -0.2) is 4.98 Å². The molecule has 0 unspecified atom stereocenters. The fourth-order valence-corrected chi connectivity index (χ4v) is 2.42. The lowest BCUT2D eigenvalue weighted by Gasteiger charge is -2.04. The number of amides is 1. The Morgan fingerprint density at radius 3 is 2.30 bits per heavy atom. The van der Waals surface area contributed by atoms with Crippen LogP contribution in [0.5, 0.6) is 0 Å². The van der Waals surface area contributed by atoms with Gasteiger partial charge in [0.2, 0.25) is 0 Å². The van der Waals surface area contributed by atoms with Crippen molar-refractivity contribution in [2.45, 2.75) is 0 Å². The van der Waals surface area contributed by atoms with Crippen LogP contribution in [0.1, 0.15) is 10.4 Å². The molecule has 4 heteroatoms. The van der Waals surface area contributed by atoms with Crippen LogP contribution in [0.25, 0.3) is 11.1 Å². The minimum Gasteiger partial charge on any atom is -0.298 e. The van der Waals surface area contributed by atoms with Gasteiger partial charge in [-0.2, -0.15) is 0 Å². The molecule has 0 bridgehead atoms. The van der Waals surface area contributed by atoms with Gasteiger partial charge in [-0.3, -0.25) is 10.1 Å². The summed E-state index contributed by atoms with van der Waals surface area (Å²) >= 11 is 1.40. The predicted molar refractivity (Wildman–Crippen MR) is 81.9 cm³/mol. The quantitative estimate of drug-likeness (QED) is 0.786. The van der Waals surface area contributed by atoms with Gasteiger partial charge in [-0.05, 0) is 23.3 Å². The van der Waals surface area contributed by atoms with Crippen molar-refractivity contribution in [3.63, 3.8) is 0 Å². The zero-order valence-corrected chi connectivity index (χ0v) is 11.4. The van der Waals surface area contributed by atoms with E-state index in [1.807, 2.05) is 60.0 Å². The lowest BCUT2D eigenvalue weighted by Crippen LogP contribution is -2.11. The fourth-order valence-electron chi connectivity index (χ4n) is 1.90. The van der Waals surface area contributed by atoms with E-state index in [1.54, 1.807) is 6.20 Å². The van der Waals surface area contributed by atoms with E-state index >= 15 is 0 Å². The van der Waals surface area contributed by atoms with Crippen molar-refractivity contribution >= 4 is 22.4 Å². The Labute approximate surface area is 120 Å². The normalized spacial score (nSPS) is 10.2. The van der Waals surface area contributed by atoms with E-state index in [4.69, 9.17) is 0 Å². The highest BCUT2D eigenvalue weighted by Crippen LogP contribution is 2.20. The molecule has 1 N–H and O–H groups in total. The van der Waals surface area contributed by atoms with Crippen molar-refractivity contribution in [3.8, 4) is 11.1 Å². The number of hydrogen-bond acceptors (Lipinski definition) is 3. The van der Waals surface area contributed by atoms with E-state index in [0.717, 1.165) is 11.1 Å². The van der Waals surface area contributed by atoms with Gasteiger partial charge >= 0.3 is 0 Å². The molecule has 0 radical (unpaired) electrons. The standard InChI is InChI=1S/C16H12N2OS/c19-15(18-16-17-10-11-20-16)14-8-6-13(7-9-14)12-4-2-1-3-5-12/h1-11H,(H,17,18,19). The van der Waals surface area contributed by atoms with Gasteiger partial charge in [-0.15, -0.1) is 11.3 Å². The molecule has 2 aromatic carbocycles. The Kier molecular flexibility index (Phi) is 3.56. The summed E-state index contributed by atoms with van der Waals surface area (Å²) in [6.07, 6.45) is 1.67. The minimum absolute atomic E-state index is 0.139. The van der Waals surface area contributed by atoms with Crippen molar-refractivity contribution < 1.29 is 4.79 Å². The summed E-state index contributed by atoms with van der Waals surface area (Å²) in [6, 6.07) is 17.6. The molecule has 0 saturated heterocycles. The van der Waals surface area contributed by atoms with Crippen LogP contribution < -0.4 is 5.32 Å². The first kappa shape index (κ1) is 12.6. The third kappa shape index (κ3) is 2.75. The molecule has 1 aromatic heterocycles. The van der Waals surface area contributed by atoms with Gasteiger partial charge < -0.3 is 0 Å². The number of thiazole rings is 1. The summed E-state index contributed by atoms with van der Waals surface area (Å²) in [4.78, 5) is 16.0. The van der Waals surface area contributed by atoms with Gasteiger partial charge in [-0.1, -0.05) is 42.5 Å². The van der Waals surface area contributed by atoms with E-state index in [2.05, 4.69) is 10.3 Å². The van der Waals surface area contributed by atoms with Crippen LogP contribution in [0.15, 0.2) is 66.2 Å². The highest BCUT2D eigenvalue weighted by molar-refractivity contribution is 7.13. The van der Waals surface area contributed by atoms with Crippen molar-refractivity contribution in [2.24, 2.45) is 0 Å². The molecule has 1 heterocycles. The van der Waals surface area contributed by atoms with Crippen LogP contribution in [-0.4, -0.2) is 10.9 Å². The SMILES string of the molecule is O=C(Nc1nccs1)c1ccc(-c2ccccc2)cc1. The summed E-state index contributed by atoms with van der Waals surface area (Å²) in [5, 5.41) is 5.21. The first-order chi connectivity index (χ1) is 9.83. The summed E-state index contributed by atoms with van der Waals surface area (Å²) in [5.41, 5.74) is 2.86. The van der Waals surface area contributed by atoms with E-state index < -0.39 is 0 Å². The lowest BCUT2D eigenvalue weighted by molar-refractivity contribution is 0.102. The number of rotatable bonds is 3. The first-order valence-corrected chi connectivity index (χ1v) is 7.07. The number of carbonyl (C=O) groups excluding carboxylic acids is 1. The van der Waals surface area contributed by atoms with Crippen molar-refractivity contribution in [2.75, 3.05) is 5.32 Å².